The summed E-state index contributed by atoms with van der Waals surface area (Å²) in [7, 11) is 1.62. The summed E-state index contributed by atoms with van der Waals surface area (Å²) >= 11 is 0. The molecule has 0 spiro atoms. The van der Waals surface area contributed by atoms with Crippen LogP contribution in [0.3, 0.4) is 0 Å². The number of benzene rings is 1. The fourth-order valence-corrected chi connectivity index (χ4v) is 1.84. The van der Waals surface area contributed by atoms with Crippen LogP contribution in [-0.4, -0.2) is 42.2 Å². The maximum absolute atomic E-state index is 12.5. The van der Waals surface area contributed by atoms with E-state index in [1.165, 1.54) is 6.07 Å². The smallest absolute Gasteiger partial charge is 0.254 e. The molecule has 1 atom stereocenters. The summed E-state index contributed by atoms with van der Waals surface area (Å²) in [5.41, 5.74) is 1.28. The first-order valence-electron chi connectivity index (χ1n) is 6.60. The number of phenolic OH excluding ortho intramolecular Hbond substituents is 1. The second-order valence-corrected chi connectivity index (χ2v) is 4.75. The Kier molecular flexibility index (Phi) is 5.83. The quantitative estimate of drug-likeness (QED) is 0.860. The molecule has 1 rings (SSSR count). The third kappa shape index (κ3) is 3.96. The Morgan fingerprint density at radius 1 is 1.47 bits per heavy atom. The van der Waals surface area contributed by atoms with Gasteiger partial charge < -0.3 is 14.7 Å². The molecule has 0 aliphatic heterocycles. The fourth-order valence-electron chi connectivity index (χ4n) is 1.84. The van der Waals surface area contributed by atoms with Crippen molar-refractivity contribution >= 4 is 5.91 Å². The summed E-state index contributed by atoms with van der Waals surface area (Å²) in [6.45, 7) is 6.93. The van der Waals surface area contributed by atoms with Gasteiger partial charge in [0.15, 0.2) is 0 Å². The van der Waals surface area contributed by atoms with Crippen molar-refractivity contribution in [3.05, 3.63) is 29.3 Å². The molecule has 0 fully saturated rings. The van der Waals surface area contributed by atoms with Gasteiger partial charge in [0.25, 0.3) is 5.91 Å². The van der Waals surface area contributed by atoms with E-state index in [1.807, 2.05) is 13.8 Å². The van der Waals surface area contributed by atoms with E-state index >= 15 is 0 Å². The summed E-state index contributed by atoms with van der Waals surface area (Å²) < 4.78 is 5.05. The molecule has 0 bridgehead atoms. The minimum atomic E-state index is -0.0679. The number of rotatable bonds is 6. The first-order valence-corrected chi connectivity index (χ1v) is 6.60. The molecule has 1 aromatic carbocycles. The number of ether oxygens (including phenoxy) is 1. The van der Waals surface area contributed by atoms with Crippen molar-refractivity contribution in [3.63, 3.8) is 0 Å². The number of amides is 1. The zero-order valence-electron chi connectivity index (χ0n) is 12.1. The molecular formula is C15H23NO3. The highest BCUT2D eigenvalue weighted by Gasteiger charge is 2.20. The molecule has 1 N–H and O–H groups in total. The average Bonchev–Trinajstić information content (AvgIpc) is 2.41. The Bertz CT molecular complexity index is 431. The Morgan fingerprint density at radius 3 is 2.68 bits per heavy atom. The number of nitrogens with zero attached hydrogens (tertiary/aromatic N) is 1. The summed E-state index contributed by atoms with van der Waals surface area (Å²) in [6.07, 6.45) is 0.882. The number of hydrogen-bond donors (Lipinski definition) is 1. The molecule has 106 valence electrons. The lowest BCUT2D eigenvalue weighted by atomic mass is 10.1. The highest BCUT2D eigenvalue weighted by Crippen LogP contribution is 2.19. The molecule has 1 unspecified atom stereocenters. The second-order valence-electron chi connectivity index (χ2n) is 4.75. The van der Waals surface area contributed by atoms with Gasteiger partial charge in [0.05, 0.1) is 6.61 Å². The Hall–Kier alpha value is -1.55. The number of aryl methyl sites for hydroxylation is 1. The number of carbonyl (C=O) groups excluding carboxylic acids is 1. The molecule has 4 nitrogen and oxygen atoms in total. The predicted molar refractivity (Wildman–Crippen MR) is 75.5 cm³/mol. The van der Waals surface area contributed by atoms with E-state index < -0.39 is 0 Å². The van der Waals surface area contributed by atoms with Crippen LogP contribution < -0.4 is 0 Å². The van der Waals surface area contributed by atoms with Gasteiger partial charge in [-0.3, -0.25) is 4.79 Å². The van der Waals surface area contributed by atoms with Gasteiger partial charge in [-0.05, 0) is 38.0 Å². The van der Waals surface area contributed by atoms with Crippen LogP contribution in [0.25, 0.3) is 0 Å². The summed E-state index contributed by atoms with van der Waals surface area (Å²) in [5, 5.41) is 9.71. The SMILES string of the molecule is CCC(C)N(CCOC)C(=O)c1ccc(C)c(O)c1. The Balaban J connectivity index is 2.94. The van der Waals surface area contributed by atoms with Crippen LogP contribution in [0.2, 0.25) is 0 Å². The van der Waals surface area contributed by atoms with Crippen molar-refractivity contribution in [1.29, 1.82) is 0 Å². The summed E-state index contributed by atoms with van der Waals surface area (Å²) in [6, 6.07) is 5.18. The summed E-state index contributed by atoms with van der Waals surface area (Å²) in [4.78, 5) is 14.3. The predicted octanol–water partition coefficient (Wildman–Crippen LogP) is 2.59. The van der Waals surface area contributed by atoms with E-state index in [4.69, 9.17) is 4.74 Å². The van der Waals surface area contributed by atoms with E-state index in [0.717, 1.165) is 12.0 Å². The minimum absolute atomic E-state index is 0.0679. The van der Waals surface area contributed by atoms with Gasteiger partial charge in [-0.2, -0.15) is 0 Å². The van der Waals surface area contributed by atoms with Gasteiger partial charge in [0.1, 0.15) is 5.75 Å². The van der Waals surface area contributed by atoms with Crippen LogP contribution in [0.4, 0.5) is 0 Å². The van der Waals surface area contributed by atoms with E-state index in [1.54, 1.807) is 31.1 Å². The van der Waals surface area contributed by atoms with Gasteiger partial charge in [-0.1, -0.05) is 13.0 Å². The lowest BCUT2D eigenvalue weighted by molar-refractivity contribution is 0.0613. The van der Waals surface area contributed by atoms with Crippen molar-refractivity contribution in [1.82, 2.24) is 4.90 Å². The normalized spacial score (nSPS) is 12.2. The van der Waals surface area contributed by atoms with Crippen molar-refractivity contribution in [2.24, 2.45) is 0 Å². The van der Waals surface area contributed by atoms with Gasteiger partial charge in [-0.25, -0.2) is 0 Å². The van der Waals surface area contributed by atoms with Gasteiger partial charge in [0, 0.05) is 25.3 Å². The zero-order valence-corrected chi connectivity index (χ0v) is 12.1. The van der Waals surface area contributed by atoms with E-state index in [9.17, 15) is 9.90 Å². The van der Waals surface area contributed by atoms with E-state index in [-0.39, 0.29) is 17.7 Å². The molecule has 4 heteroatoms. The standard InChI is InChI=1S/C15H23NO3/c1-5-12(3)16(8-9-19-4)15(18)13-7-6-11(2)14(17)10-13/h6-7,10,12,17H,5,8-9H2,1-4H3. The van der Waals surface area contributed by atoms with Crippen molar-refractivity contribution in [2.45, 2.75) is 33.2 Å². The van der Waals surface area contributed by atoms with Crippen LogP contribution >= 0.6 is 0 Å². The lowest BCUT2D eigenvalue weighted by Crippen LogP contribution is -2.40. The van der Waals surface area contributed by atoms with Gasteiger partial charge >= 0.3 is 0 Å². The molecule has 0 radical (unpaired) electrons. The maximum Gasteiger partial charge on any atom is 0.254 e. The van der Waals surface area contributed by atoms with Crippen LogP contribution in [0.1, 0.15) is 36.2 Å². The van der Waals surface area contributed by atoms with Crippen molar-refractivity contribution in [2.75, 3.05) is 20.3 Å². The number of hydrogen-bond acceptors (Lipinski definition) is 3. The highest BCUT2D eigenvalue weighted by molar-refractivity contribution is 5.95. The Morgan fingerprint density at radius 2 is 2.16 bits per heavy atom. The topological polar surface area (TPSA) is 49.8 Å². The van der Waals surface area contributed by atoms with E-state index in [0.29, 0.717) is 18.7 Å². The van der Waals surface area contributed by atoms with Crippen molar-refractivity contribution in [3.8, 4) is 5.75 Å². The largest absolute Gasteiger partial charge is 0.508 e. The number of phenols is 1. The lowest BCUT2D eigenvalue weighted by Gasteiger charge is -2.28. The molecule has 0 aliphatic carbocycles. The third-order valence-corrected chi connectivity index (χ3v) is 3.38. The monoisotopic (exact) mass is 265 g/mol. The number of methoxy groups -OCH3 is 1. The molecule has 1 amide bonds. The number of carbonyl (C=O) groups is 1. The van der Waals surface area contributed by atoms with Crippen LogP contribution in [0, 0.1) is 6.92 Å². The molecule has 19 heavy (non-hydrogen) atoms. The molecule has 1 aromatic rings. The molecule has 0 heterocycles. The highest BCUT2D eigenvalue weighted by atomic mass is 16.5. The second kappa shape index (κ2) is 7.14. The molecule has 0 aliphatic rings. The maximum atomic E-state index is 12.5. The molecule has 0 aromatic heterocycles. The van der Waals surface area contributed by atoms with Gasteiger partial charge in [0.2, 0.25) is 0 Å². The molecular weight excluding hydrogens is 242 g/mol. The minimum Gasteiger partial charge on any atom is -0.508 e. The fraction of sp³-hybridized carbons (Fsp3) is 0.533. The van der Waals surface area contributed by atoms with Crippen LogP contribution in [0.15, 0.2) is 18.2 Å². The first kappa shape index (κ1) is 15.5. The molecule has 0 saturated carbocycles. The van der Waals surface area contributed by atoms with Gasteiger partial charge in [-0.15, -0.1) is 0 Å². The number of aromatic hydroxyl groups is 1. The molecule has 0 saturated heterocycles. The van der Waals surface area contributed by atoms with Crippen molar-refractivity contribution < 1.29 is 14.6 Å². The first-order chi connectivity index (χ1) is 9.01. The third-order valence-electron chi connectivity index (χ3n) is 3.38. The van der Waals surface area contributed by atoms with E-state index in [2.05, 4.69) is 0 Å². The van der Waals surface area contributed by atoms with Crippen LogP contribution in [0.5, 0.6) is 5.75 Å². The average molecular weight is 265 g/mol. The van der Waals surface area contributed by atoms with Crippen LogP contribution in [-0.2, 0) is 4.74 Å². The summed E-state index contributed by atoms with van der Waals surface area (Å²) in [5.74, 6) is 0.0865. The Labute approximate surface area is 115 Å². The zero-order chi connectivity index (χ0) is 14.4.